The summed E-state index contributed by atoms with van der Waals surface area (Å²) in [5.74, 6) is 0. The van der Waals surface area contributed by atoms with Gasteiger partial charge in [0, 0.05) is 5.54 Å². The second-order valence-corrected chi connectivity index (χ2v) is 9.57. The number of hydrogen-bond acceptors (Lipinski definition) is 0. The fraction of sp³-hybridized carbons (Fsp3) is 0.364. The lowest BCUT2D eigenvalue weighted by molar-refractivity contribution is 0.764. The predicted molar refractivity (Wildman–Crippen MR) is 104 cm³/mol. The van der Waals surface area contributed by atoms with Crippen LogP contribution in [0.5, 0.6) is 0 Å². The van der Waals surface area contributed by atoms with Gasteiger partial charge in [-0.2, -0.15) is 0 Å². The molecule has 3 rings (SSSR count). The summed E-state index contributed by atoms with van der Waals surface area (Å²) in [4.78, 5) is 0. The summed E-state index contributed by atoms with van der Waals surface area (Å²) in [7, 11) is -0.615. The molecule has 0 saturated carbocycles. The average Bonchev–Trinajstić information content (AvgIpc) is 2.94. The Hall–Kier alpha value is -1.60. The monoisotopic (exact) mass is 319 g/mol. The van der Waals surface area contributed by atoms with E-state index in [1.807, 2.05) is 0 Å². The van der Waals surface area contributed by atoms with E-state index in [2.05, 4.69) is 75.4 Å². The highest BCUT2D eigenvalue weighted by Gasteiger charge is 2.28. The van der Waals surface area contributed by atoms with Crippen molar-refractivity contribution in [3.8, 4) is 0 Å². The van der Waals surface area contributed by atoms with Crippen molar-refractivity contribution >= 4 is 20.1 Å². The van der Waals surface area contributed by atoms with Crippen LogP contribution < -0.4 is 5.19 Å². The molecule has 1 atom stereocenters. The van der Waals surface area contributed by atoms with Crippen LogP contribution in [0.15, 0.2) is 48.5 Å². The molecule has 1 heteroatoms. The van der Waals surface area contributed by atoms with Crippen molar-refractivity contribution in [1.29, 1.82) is 0 Å². The van der Waals surface area contributed by atoms with Gasteiger partial charge in [-0.05, 0) is 25.0 Å². The molecule has 1 aliphatic carbocycles. The highest BCUT2D eigenvalue weighted by molar-refractivity contribution is 6.75. The van der Waals surface area contributed by atoms with Crippen LogP contribution in [-0.4, -0.2) is 8.80 Å². The molecule has 0 saturated heterocycles. The number of benzene rings is 2. The zero-order valence-electron chi connectivity index (χ0n) is 14.6. The summed E-state index contributed by atoms with van der Waals surface area (Å²) in [6.45, 7) is 6.77. The van der Waals surface area contributed by atoms with Crippen molar-refractivity contribution in [2.24, 2.45) is 0 Å². The molecule has 0 fully saturated rings. The molecular weight excluding hydrogens is 292 g/mol. The van der Waals surface area contributed by atoms with Crippen LogP contribution in [0, 0.1) is 13.8 Å². The first-order valence-electron chi connectivity index (χ1n) is 8.90. The smallest absolute Gasteiger partial charge is 0.0789 e. The maximum absolute atomic E-state index is 2.47. The largest absolute Gasteiger partial charge is 0.0976 e. The van der Waals surface area contributed by atoms with Crippen LogP contribution >= 0.6 is 0 Å². The molecule has 119 valence electrons. The second-order valence-electron chi connectivity index (χ2n) is 6.82. The van der Waals surface area contributed by atoms with Gasteiger partial charge >= 0.3 is 0 Å². The fourth-order valence-electron chi connectivity index (χ4n) is 3.76. The van der Waals surface area contributed by atoms with Gasteiger partial charge in [0.1, 0.15) is 0 Å². The molecule has 0 spiro atoms. The maximum Gasteiger partial charge on any atom is 0.0976 e. The van der Waals surface area contributed by atoms with Gasteiger partial charge in [-0.15, -0.1) is 0 Å². The molecule has 1 radical (unpaired) electrons. The van der Waals surface area contributed by atoms with Crippen molar-refractivity contribution in [3.63, 3.8) is 0 Å². The van der Waals surface area contributed by atoms with E-state index in [9.17, 15) is 0 Å². The van der Waals surface area contributed by atoms with Crippen molar-refractivity contribution in [2.45, 2.75) is 51.6 Å². The topological polar surface area (TPSA) is 0 Å². The Morgan fingerprint density at radius 1 is 0.957 bits per heavy atom. The minimum Gasteiger partial charge on any atom is -0.0789 e. The molecule has 2 aromatic rings. The summed E-state index contributed by atoms with van der Waals surface area (Å²) in [6, 6.07) is 17.5. The molecule has 23 heavy (non-hydrogen) atoms. The summed E-state index contributed by atoms with van der Waals surface area (Å²) >= 11 is 0. The lowest BCUT2D eigenvalue weighted by Crippen LogP contribution is -2.36. The Morgan fingerprint density at radius 2 is 1.70 bits per heavy atom. The summed E-state index contributed by atoms with van der Waals surface area (Å²) < 4.78 is 0. The van der Waals surface area contributed by atoms with E-state index in [-0.39, 0.29) is 0 Å². The number of rotatable bonds is 6. The molecule has 0 bridgehead atoms. The van der Waals surface area contributed by atoms with Crippen molar-refractivity contribution in [2.75, 3.05) is 0 Å². The molecule has 1 unspecified atom stereocenters. The van der Waals surface area contributed by atoms with Crippen molar-refractivity contribution in [3.05, 3.63) is 70.8 Å². The summed E-state index contributed by atoms with van der Waals surface area (Å²) in [6.07, 6.45) is 8.84. The number of allylic oxidation sites excluding steroid dienone is 1. The van der Waals surface area contributed by atoms with Gasteiger partial charge in [0.05, 0.1) is 8.80 Å². The SMILES string of the molecule is CCCCC[Si](c1cc(C)cc(C)c1)C1C=Cc2ccccc21. The zero-order chi connectivity index (χ0) is 16.2. The Bertz CT molecular complexity index is 679. The first-order chi connectivity index (χ1) is 11.2. The van der Waals surface area contributed by atoms with Crippen LogP contribution in [-0.2, 0) is 0 Å². The number of hydrogen-bond donors (Lipinski definition) is 0. The molecular formula is C22H27Si. The third-order valence-electron chi connectivity index (χ3n) is 4.82. The lowest BCUT2D eigenvalue weighted by Gasteiger charge is -2.23. The number of fused-ring (bicyclic) bond motifs is 1. The van der Waals surface area contributed by atoms with E-state index in [0.29, 0.717) is 5.54 Å². The Kier molecular flexibility index (Phi) is 5.17. The molecule has 0 aromatic heterocycles. The zero-order valence-corrected chi connectivity index (χ0v) is 15.6. The Labute approximate surface area is 142 Å². The summed E-state index contributed by atoms with van der Waals surface area (Å²) in [5.41, 5.74) is 6.44. The minimum absolute atomic E-state index is 0.615. The van der Waals surface area contributed by atoms with E-state index in [4.69, 9.17) is 0 Å². The van der Waals surface area contributed by atoms with E-state index in [1.54, 1.807) is 10.8 Å². The standard InChI is InChI=1S/C22H27Si/c1-4-5-8-13-23(20-15-17(2)14-18(3)16-20)22-12-11-19-9-6-7-10-21(19)22/h6-7,9-12,14-16,22H,4-5,8,13H2,1-3H3. The molecule has 0 aliphatic heterocycles. The maximum atomic E-state index is 2.47. The van der Waals surface area contributed by atoms with Gasteiger partial charge in [-0.1, -0.05) is 103 Å². The second kappa shape index (κ2) is 7.31. The van der Waals surface area contributed by atoms with Gasteiger partial charge in [-0.3, -0.25) is 0 Å². The van der Waals surface area contributed by atoms with E-state index < -0.39 is 8.80 Å². The molecule has 0 nitrogen and oxygen atoms in total. The van der Waals surface area contributed by atoms with Crippen LogP contribution in [0.1, 0.15) is 54.0 Å². The van der Waals surface area contributed by atoms with Gasteiger partial charge in [0.25, 0.3) is 0 Å². The van der Waals surface area contributed by atoms with Gasteiger partial charge < -0.3 is 0 Å². The normalized spacial score (nSPS) is 16.1. The van der Waals surface area contributed by atoms with E-state index in [0.717, 1.165) is 0 Å². The number of unbranched alkanes of at least 4 members (excludes halogenated alkanes) is 2. The molecule has 0 amide bonds. The molecule has 2 aromatic carbocycles. The van der Waals surface area contributed by atoms with E-state index in [1.165, 1.54) is 42.0 Å². The van der Waals surface area contributed by atoms with Crippen molar-refractivity contribution in [1.82, 2.24) is 0 Å². The van der Waals surface area contributed by atoms with Crippen LogP contribution in [0.2, 0.25) is 6.04 Å². The molecule has 0 heterocycles. The minimum atomic E-state index is -0.615. The third kappa shape index (κ3) is 3.67. The quantitative estimate of drug-likeness (QED) is 0.484. The molecule has 1 aliphatic rings. The number of aryl methyl sites for hydroxylation is 2. The van der Waals surface area contributed by atoms with Crippen LogP contribution in [0.4, 0.5) is 0 Å². The van der Waals surface area contributed by atoms with Gasteiger partial charge in [0.2, 0.25) is 0 Å². The summed E-state index contributed by atoms with van der Waals surface area (Å²) in [5, 5.41) is 1.62. The van der Waals surface area contributed by atoms with Gasteiger partial charge in [0.15, 0.2) is 0 Å². The Morgan fingerprint density at radius 3 is 2.43 bits per heavy atom. The fourth-order valence-corrected chi connectivity index (χ4v) is 7.14. The highest BCUT2D eigenvalue weighted by Crippen LogP contribution is 2.33. The van der Waals surface area contributed by atoms with Crippen LogP contribution in [0.25, 0.3) is 6.08 Å². The average molecular weight is 320 g/mol. The van der Waals surface area contributed by atoms with Crippen LogP contribution in [0.3, 0.4) is 0 Å². The Balaban J connectivity index is 1.94. The highest BCUT2D eigenvalue weighted by atomic mass is 28.3. The molecule has 0 N–H and O–H groups in total. The van der Waals surface area contributed by atoms with Gasteiger partial charge in [-0.25, -0.2) is 0 Å². The van der Waals surface area contributed by atoms with E-state index >= 15 is 0 Å². The first-order valence-corrected chi connectivity index (χ1v) is 10.7. The first kappa shape index (κ1) is 16.3. The third-order valence-corrected chi connectivity index (χ3v) is 7.99. The van der Waals surface area contributed by atoms with Crippen molar-refractivity contribution < 1.29 is 0 Å². The lowest BCUT2D eigenvalue weighted by atomic mass is 10.1. The predicted octanol–water partition coefficient (Wildman–Crippen LogP) is 5.55.